The van der Waals surface area contributed by atoms with E-state index < -0.39 is 0 Å². The number of aromatic nitrogens is 1. The fourth-order valence-electron chi connectivity index (χ4n) is 4.51. The van der Waals surface area contributed by atoms with Crippen molar-refractivity contribution < 1.29 is 31.2 Å². The van der Waals surface area contributed by atoms with Gasteiger partial charge in [0.1, 0.15) is 5.75 Å². The van der Waals surface area contributed by atoms with E-state index >= 15 is 0 Å². The molecule has 0 saturated carbocycles. The molecule has 2 heterocycles. The molecule has 0 fully saturated rings. The van der Waals surface area contributed by atoms with Crippen LogP contribution in [0.1, 0.15) is 11.1 Å². The van der Waals surface area contributed by atoms with Crippen LogP contribution in [-0.2, 0) is 19.5 Å². The molecular weight excluding hydrogens is 471 g/mol. The van der Waals surface area contributed by atoms with Gasteiger partial charge in [0, 0.05) is 24.1 Å². The van der Waals surface area contributed by atoms with Gasteiger partial charge in [0.2, 0.25) is 5.69 Å². The molecule has 0 saturated heterocycles. The number of ether oxygens (including phenoxy) is 3. The van der Waals surface area contributed by atoms with Crippen molar-refractivity contribution in [3.63, 3.8) is 0 Å². The maximum atomic E-state index is 6.04. The first-order chi connectivity index (χ1) is 16.1. The third-order valence-corrected chi connectivity index (χ3v) is 6.49. The molecule has 0 aliphatic carbocycles. The predicted molar refractivity (Wildman–Crippen MR) is 132 cm³/mol. The van der Waals surface area contributed by atoms with Gasteiger partial charge in [-0.05, 0) is 46.8 Å². The van der Waals surface area contributed by atoms with Crippen molar-refractivity contribution in [2.24, 2.45) is 0 Å². The van der Waals surface area contributed by atoms with Gasteiger partial charge in [-0.3, -0.25) is 0 Å². The van der Waals surface area contributed by atoms with Crippen LogP contribution in [0, 0.1) is 0 Å². The summed E-state index contributed by atoms with van der Waals surface area (Å²) < 4.78 is 19.1. The van der Waals surface area contributed by atoms with Crippen LogP contribution in [0.2, 0.25) is 5.02 Å². The van der Waals surface area contributed by atoms with Crippen LogP contribution in [0.3, 0.4) is 0 Å². The molecule has 0 atom stereocenters. The Labute approximate surface area is 210 Å². The molecule has 0 radical (unpaired) electrons. The van der Waals surface area contributed by atoms with E-state index in [0.717, 1.165) is 57.3 Å². The number of fused-ring (bicyclic) bond motifs is 4. The van der Waals surface area contributed by atoms with Gasteiger partial charge in [-0.25, -0.2) is 0 Å². The average molecular weight is 497 g/mol. The summed E-state index contributed by atoms with van der Waals surface area (Å²) in [5.41, 5.74) is 5.74. The molecular formula is C27H26Cl2N2O3. The van der Waals surface area contributed by atoms with Crippen LogP contribution >= 0.6 is 11.6 Å². The van der Waals surface area contributed by atoms with Crippen LogP contribution < -0.4 is 36.5 Å². The summed E-state index contributed by atoms with van der Waals surface area (Å²) in [6.07, 6.45) is 3.15. The lowest BCUT2D eigenvalue weighted by molar-refractivity contribution is -0.686. The standard InChI is InChI=1S/C27H25ClN2O3.ClH/c1-31-24-9-6-18-12-23-21-14-26(33-3)25(32-2)13-19(21)10-11-30(23)16-22(18)27(24)29-15-17-4-7-20(28)8-5-17;/h4-9,12-14,16H,10-11,15H2,1-3H3;1H. The third-order valence-electron chi connectivity index (χ3n) is 6.24. The van der Waals surface area contributed by atoms with Crippen molar-refractivity contribution in [1.29, 1.82) is 0 Å². The van der Waals surface area contributed by atoms with E-state index in [1.807, 2.05) is 30.3 Å². The highest BCUT2D eigenvalue weighted by molar-refractivity contribution is 6.30. The molecule has 1 aliphatic heterocycles. The summed E-state index contributed by atoms with van der Waals surface area (Å²) in [5, 5.41) is 6.58. The summed E-state index contributed by atoms with van der Waals surface area (Å²) >= 11 is 6.04. The number of nitrogens with zero attached hydrogens (tertiary/aromatic N) is 1. The fraction of sp³-hybridized carbons (Fsp3) is 0.222. The maximum absolute atomic E-state index is 6.04. The topological polar surface area (TPSA) is 43.6 Å². The number of anilines is 1. The third kappa shape index (κ3) is 4.33. The summed E-state index contributed by atoms with van der Waals surface area (Å²) in [6, 6.07) is 18.4. The summed E-state index contributed by atoms with van der Waals surface area (Å²) in [7, 11) is 5.05. The normalized spacial score (nSPS) is 11.8. The Morgan fingerprint density at radius 2 is 1.59 bits per heavy atom. The Morgan fingerprint density at radius 1 is 0.882 bits per heavy atom. The molecule has 176 valence electrons. The van der Waals surface area contributed by atoms with Gasteiger partial charge < -0.3 is 31.9 Å². The molecule has 4 aromatic rings. The molecule has 1 N–H and O–H groups in total. The highest BCUT2D eigenvalue weighted by Gasteiger charge is 2.27. The second-order valence-corrected chi connectivity index (χ2v) is 8.53. The number of hydrogen-bond donors (Lipinski definition) is 1. The van der Waals surface area contributed by atoms with Gasteiger partial charge in [-0.2, -0.15) is 4.57 Å². The zero-order valence-electron chi connectivity index (χ0n) is 19.3. The van der Waals surface area contributed by atoms with Crippen LogP contribution in [0.25, 0.3) is 22.0 Å². The summed E-state index contributed by atoms with van der Waals surface area (Å²) in [5.74, 6) is 2.33. The molecule has 0 bridgehead atoms. The minimum atomic E-state index is 0. The molecule has 5 rings (SSSR count). The number of nitrogens with one attached hydrogen (secondary N) is 1. The second kappa shape index (κ2) is 10.00. The van der Waals surface area contributed by atoms with Crippen molar-refractivity contribution >= 4 is 28.1 Å². The van der Waals surface area contributed by atoms with E-state index in [1.54, 1.807) is 21.3 Å². The number of aryl methyl sites for hydroxylation is 2. The smallest absolute Gasteiger partial charge is 0.213 e. The van der Waals surface area contributed by atoms with Gasteiger partial charge in [-0.15, -0.1) is 0 Å². The van der Waals surface area contributed by atoms with Crippen molar-refractivity contribution in [2.45, 2.75) is 19.5 Å². The molecule has 5 nitrogen and oxygen atoms in total. The highest BCUT2D eigenvalue weighted by atomic mass is 35.5. The van der Waals surface area contributed by atoms with Crippen LogP contribution in [0.5, 0.6) is 17.2 Å². The van der Waals surface area contributed by atoms with Crippen molar-refractivity contribution in [1.82, 2.24) is 0 Å². The zero-order valence-corrected chi connectivity index (χ0v) is 20.8. The van der Waals surface area contributed by atoms with Gasteiger partial charge in [0.15, 0.2) is 24.2 Å². The lowest BCUT2D eigenvalue weighted by Crippen LogP contribution is -3.00. The second-order valence-electron chi connectivity index (χ2n) is 8.09. The van der Waals surface area contributed by atoms with E-state index in [9.17, 15) is 0 Å². The number of hydrogen-bond acceptors (Lipinski definition) is 4. The molecule has 7 heteroatoms. The van der Waals surface area contributed by atoms with Crippen LogP contribution in [0.15, 0.2) is 60.8 Å². The Balaban J connectivity index is 0.00000274. The highest BCUT2D eigenvalue weighted by Crippen LogP contribution is 2.39. The Kier molecular flexibility index (Phi) is 7.05. The molecule has 0 amide bonds. The van der Waals surface area contributed by atoms with Gasteiger partial charge in [0.05, 0.1) is 38.0 Å². The largest absolute Gasteiger partial charge is 1.00 e. The Hall–Kier alpha value is -3.15. The zero-order chi connectivity index (χ0) is 22.9. The van der Waals surface area contributed by atoms with E-state index in [0.29, 0.717) is 6.54 Å². The van der Waals surface area contributed by atoms with Gasteiger partial charge >= 0.3 is 0 Å². The Bertz CT molecular complexity index is 1340. The van der Waals surface area contributed by atoms with Crippen molar-refractivity contribution in [2.75, 3.05) is 26.6 Å². The summed E-state index contributed by atoms with van der Waals surface area (Å²) in [4.78, 5) is 0. The first-order valence-electron chi connectivity index (χ1n) is 10.9. The number of halogens is 2. The Morgan fingerprint density at radius 3 is 2.29 bits per heavy atom. The maximum Gasteiger partial charge on any atom is 0.213 e. The van der Waals surface area contributed by atoms with E-state index in [1.165, 1.54) is 16.8 Å². The lowest BCUT2D eigenvalue weighted by atomic mass is 9.95. The number of pyridine rings is 1. The van der Waals surface area contributed by atoms with E-state index in [4.69, 9.17) is 25.8 Å². The van der Waals surface area contributed by atoms with E-state index in [-0.39, 0.29) is 12.4 Å². The fourth-order valence-corrected chi connectivity index (χ4v) is 4.63. The average Bonchev–Trinajstić information content (AvgIpc) is 2.86. The molecule has 0 spiro atoms. The van der Waals surface area contributed by atoms with Gasteiger partial charge in [0.25, 0.3) is 0 Å². The van der Waals surface area contributed by atoms with Crippen LogP contribution in [-0.4, -0.2) is 21.3 Å². The van der Waals surface area contributed by atoms with E-state index in [2.05, 4.69) is 40.3 Å². The van der Waals surface area contributed by atoms with Crippen molar-refractivity contribution in [3.05, 3.63) is 76.9 Å². The first-order valence-corrected chi connectivity index (χ1v) is 11.3. The SMILES string of the molecule is COc1cc2c(cc1OC)-c1cc3ccc(OC)c(NCc4ccc(Cl)cc4)c3c[n+]1CC2.[Cl-]. The molecule has 0 unspecified atom stereocenters. The molecule has 34 heavy (non-hydrogen) atoms. The molecule has 3 aromatic carbocycles. The molecule has 1 aromatic heterocycles. The quantitative estimate of drug-likeness (QED) is 0.416. The minimum absolute atomic E-state index is 0. The number of methoxy groups -OCH3 is 3. The predicted octanol–water partition coefficient (Wildman–Crippen LogP) is 2.65. The number of rotatable bonds is 6. The first kappa shape index (κ1) is 24.0. The van der Waals surface area contributed by atoms with Crippen molar-refractivity contribution in [3.8, 4) is 28.5 Å². The van der Waals surface area contributed by atoms with Gasteiger partial charge in [-0.1, -0.05) is 29.8 Å². The van der Waals surface area contributed by atoms with Crippen LogP contribution in [0.4, 0.5) is 5.69 Å². The minimum Gasteiger partial charge on any atom is -1.00 e. The lowest BCUT2D eigenvalue weighted by Gasteiger charge is -2.19. The number of benzene rings is 3. The molecule has 1 aliphatic rings. The monoisotopic (exact) mass is 496 g/mol. The summed E-state index contributed by atoms with van der Waals surface area (Å²) in [6.45, 7) is 1.57.